The second kappa shape index (κ2) is 10.1. The van der Waals surface area contributed by atoms with Crippen molar-refractivity contribution in [1.82, 2.24) is 10.6 Å². The highest BCUT2D eigenvalue weighted by Gasteiger charge is 2.31. The zero-order valence-electron chi connectivity index (χ0n) is 18.8. The van der Waals surface area contributed by atoms with E-state index in [4.69, 9.17) is 9.84 Å². The van der Waals surface area contributed by atoms with Crippen molar-refractivity contribution in [3.63, 3.8) is 0 Å². The lowest BCUT2D eigenvalue weighted by atomic mass is 9.98. The maximum absolute atomic E-state index is 12.7. The average Bonchev–Trinajstić information content (AvgIpc) is 3.37. The van der Waals surface area contributed by atoms with Crippen LogP contribution >= 0.6 is 0 Å². The van der Waals surface area contributed by atoms with E-state index < -0.39 is 18.1 Å². The van der Waals surface area contributed by atoms with Crippen LogP contribution in [0.3, 0.4) is 0 Å². The Hall–Kier alpha value is -3.35. The number of ether oxygens (including phenoxy) is 1. The molecule has 7 nitrogen and oxygen atoms in total. The van der Waals surface area contributed by atoms with Crippen LogP contribution in [0.1, 0.15) is 56.1 Å². The van der Waals surface area contributed by atoms with Gasteiger partial charge in [-0.05, 0) is 53.9 Å². The van der Waals surface area contributed by atoms with Gasteiger partial charge in [-0.3, -0.25) is 9.59 Å². The highest BCUT2D eigenvalue weighted by atomic mass is 16.5. The molecule has 4 rings (SSSR count). The van der Waals surface area contributed by atoms with Crippen LogP contribution in [0.25, 0.3) is 11.1 Å². The molecule has 0 saturated heterocycles. The maximum Gasteiger partial charge on any atom is 0.407 e. The van der Waals surface area contributed by atoms with Crippen LogP contribution in [0.2, 0.25) is 0 Å². The largest absolute Gasteiger partial charge is 0.481 e. The van der Waals surface area contributed by atoms with Crippen LogP contribution in [-0.2, 0) is 14.3 Å². The molecule has 2 aliphatic rings. The van der Waals surface area contributed by atoms with Gasteiger partial charge in [-0.25, -0.2) is 4.79 Å². The SMILES string of the molecule is CC[C@@H](NC(=O)OCC1c2ccccc2-c2ccccc21)C(=O)NC1CCC(CC(=O)O)C1. The van der Waals surface area contributed by atoms with E-state index in [-0.39, 0.29) is 36.8 Å². The molecule has 1 saturated carbocycles. The highest BCUT2D eigenvalue weighted by Crippen LogP contribution is 2.44. The number of rotatable bonds is 8. The normalized spacial score (nSPS) is 19.9. The predicted octanol–water partition coefficient (Wildman–Crippen LogP) is 4.06. The molecule has 174 valence electrons. The molecule has 3 N–H and O–H groups in total. The molecule has 2 unspecified atom stereocenters. The lowest BCUT2D eigenvalue weighted by Crippen LogP contribution is -2.49. The molecule has 0 aromatic heterocycles. The zero-order valence-corrected chi connectivity index (χ0v) is 18.8. The number of benzene rings is 2. The Balaban J connectivity index is 1.31. The van der Waals surface area contributed by atoms with Crippen molar-refractivity contribution in [1.29, 1.82) is 0 Å². The maximum atomic E-state index is 12.7. The van der Waals surface area contributed by atoms with Crippen LogP contribution in [0.15, 0.2) is 48.5 Å². The van der Waals surface area contributed by atoms with Gasteiger partial charge in [-0.2, -0.15) is 0 Å². The van der Waals surface area contributed by atoms with Crippen molar-refractivity contribution < 1.29 is 24.2 Å². The molecular formula is C26H30N2O5. The van der Waals surface area contributed by atoms with E-state index >= 15 is 0 Å². The van der Waals surface area contributed by atoms with Crippen LogP contribution in [-0.4, -0.2) is 41.8 Å². The standard InChI is InChI=1S/C26H30N2O5/c1-2-23(25(31)27-17-12-11-16(13-17)14-24(29)30)28-26(32)33-15-22-20-9-5-3-7-18(20)19-8-4-6-10-21(19)22/h3-10,16-17,22-23H,2,11-15H2,1H3,(H,27,31)(H,28,32)(H,29,30)/t16?,17?,23-/m1/s1. The second-order valence-electron chi connectivity index (χ2n) is 8.91. The molecule has 2 amide bonds. The molecule has 2 aromatic carbocycles. The highest BCUT2D eigenvalue weighted by molar-refractivity contribution is 5.86. The molecular weight excluding hydrogens is 420 g/mol. The number of hydrogen-bond acceptors (Lipinski definition) is 4. The molecule has 0 bridgehead atoms. The summed E-state index contributed by atoms with van der Waals surface area (Å²) in [5.41, 5.74) is 4.58. The van der Waals surface area contributed by atoms with Crippen molar-refractivity contribution in [2.24, 2.45) is 5.92 Å². The van der Waals surface area contributed by atoms with Gasteiger partial charge in [0, 0.05) is 18.4 Å². The number of carboxylic acid groups (broad SMARTS) is 1. The number of amides is 2. The van der Waals surface area contributed by atoms with Crippen LogP contribution in [0, 0.1) is 5.92 Å². The minimum atomic E-state index is -0.810. The molecule has 2 aromatic rings. The minimum absolute atomic E-state index is 0.0401. The molecule has 0 heterocycles. The van der Waals surface area contributed by atoms with Crippen LogP contribution in [0.4, 0.5) is 4.79 Å². The van der Waals surface area contributed by atoms with E-state index in [1.807, 2.05) is 31.2 Å². The van der Waals surface area contributed by atoms with Crippen molar-refractivity contribution in [2.45, 2.75) is 57.0 Å². The molecule has 0 radical (unpaired) electrons. The molecule has 7 heteroatoms. The first-order chi connectivity index (χ1) is 16.0. The summed E-state index contributed by atoms with van der Waals surface area (Å²) in [5.74, 6) is -1.02. The first-order valence-electron chi connectivity index (χ1n) is 11.6. The van der Waals surface area contributed by atoms with Crippen molar-refractivity contribution in [3.05, 3.63) is 59.7 Å². The van der Waals surface area contributed by atoms with Gasteiger partial charge >= 0.3 is 12.1 Å². The number of fused-ring (bicyclic) bond motifs is 3. The Kier molecular flexibility index (Phi) is 6.96. The summed E-state index contributed by atoms with van der Waals surface area (Å²) >= 11 is 0. The molecule has 33 heavy (non-hydrogen) atoms. The number of alkyl carbamates (subject to hydrolysis) is 1. The van der Waals surface area contributed by atoms with E-state index in [9.17, 15) is 14.4 Å². The van der Waals surface area contributed by atoms with Crippen molar-refractivity contribution in [3.8, 4) is 11.1 Å². The first kappa shape index (κ1) is 22.8. The number of carbonyl (C=O) groups excluding carboxylic acids is 2. The number of aliphatic carboxylic acids is 1. The lowest BCUT2D eigenvalue weighted by Gasteiger charge is -2.21. The van der Waals surface area contributed by atoms with Gasteiger partial charge in [0.25, 0.3) is 0 Å². The van der Waals surface area contributed by atoms with Crippen molar-refractivity contribution in [2.75, 3.05) is 6.61 Å². The lowest BCUT2D eigenvalue weighted by molar-refractivity contribution is -0.138. The third kappa shape index (κ3) is 5.18. The van der Waals surface area contributed by atoms with Gasteiger partial charge in [-0.1, -0.05) is 55.5 Å². The van der Waals surface area contributed by atoms with Gasteiger partial charge in [0.15, 0.2) is 0 Å². The summed E-state index contributed by atoms with van der Waals surface area (Å²) in [7, 11) is 0. The van der Waals surface area contributed by atoms with E-state index in [2.05, 4.69) is 34.9 Å². The predicted molar refractivity (Wildman–Crippen MR) is 124 cm³/mol. The third-order valence-electron chi connectivity index (χ3n) is 6.71. The number of carboxylic acids is 1. The zero-order chi connectivity index (χ0) is 23.4. The summed E-state index contributed by atoms with van der Waals surface area (Å²) in [6.45, 7) is 2.02. The Bertz CT molecular complexity index is 991. The summed E-state index contributed by atoms with van der Waals surface area (Å²) < 4.78 is 5.56. The van der Waals surface area contributed by atoms with Crippen LogP contribution < -0.4 is 10.6 Å². The molecule has 0 aliphatic heterocycles. The molecule has 0 spiro atoms. The van der Waals surface area contributed by atoms with Gasteiger partial charge in [0.1, 0.15) is 12.6 Å². The third-order valence-corrected chi connectivity index (χ3v) is 6.71. The van der Waals surface area contributed by atoms with Gasteiger partial charge in [-0.15, -0.1) is 0 Å². The first-order valence-corrected chi connectivity index (χ1v) is 11.6. The van der Waals surface area contributed by atoms with Gasteiger partial charge < -0.3 is 20.5 Å². The quantitative estimate of drug-likeness (QED) is 0.563. The van der Waals surface area contributed by atoms with Crippen LogP contribution in [0.5, 0.6) is 0 Å². The summed E-state index contributed by atoms with van der Waals surface area (Å²) in [5, 5.41) is 14.6. The number of nitrogens with one attached hydrogen (secondary N) is 2. The molecule has 1 fully saturated rings. The Morgan fingerprint density at radius 1 is 1.03 bits per heavy atom. The second-order valence-corrected chi connectivity index (χ2v) is 8.91. The molecule has 3 atom stereocenters. The summed E-state index contributed by atoms with van der Waals surface area (Å²) in [6, 6.07) is 15.5. The Labute approximate surface area is 193 Å². The van der Waals surface area contributed by atoms with E-state index in [1.165, 1.54) is 0 Å². The number of hydrogen-bond donors (Lipinski definition) is 3. The van der Waals surface area contributed by atoms with Gasteiger partial charge in [0.05, 0.1) is 0 Å². The monoisotopic (exact) mass is 450 g/mol. The number of carbonyl (C=O) groups is 3. The van der Waals surface area contributed by atoms with E-state index in [0.717, 1.165) is 35.1 Å². The fourth-order valence-electron chi connectivity index (χ4n) is 5.08. The van der Waals surface area contributed by atoms with E-state index in [1.54, 1.807) is 0 Å². The minimum Gasteiger partial charge on any atom is -0.481 e. The summed E-state index contributed by atoms with van der Waals surface area (Å²) in [6.07, 6.45) is 2.13. The van der Waals surface area contributed by atoms with Crippen molar-refractivity contribution >= 4 is 18.0 Å². The van der Waals surface area contributed by atoms with Gasteiger partial charge in [0.2, 0.25) is 5.91 Å². The topological polar surface area (TPSA) is 105 Å². The average molecular weight is 451 g/mol. The Morgan fingerprint density at radius 3 is 2.27 bits per heavy atom. The smallest absolute Gasteiger partial charge is 0.407 e. The summed E-state index contributed by atoms with van der Waals surface area (Å²) in [4.78, 5) is 36.1. The van der Waals surface area contributed by atoms with E-state index in [0.29, 0.717) is 12.8 Å². The molecule has 2 aliphatic carbocycles. The Morgan fingerprint density at radius 2 is 1.67 bits per heavy atom. The fourth-order valence-corrected chi connectivity index (χ4v) is 5.08. The fraction of sp³-hybridized carbons (Fsp3) is 0.423.